The molecule has 1 aromatic heterocycles. The number of carbonyl (C=O) groups excluding carboxylic acids is 1. The molecule has 1 amide bonds. The fraction of sp³-hybridized carbons (Fsp3) is 0.412. The number of rotatable bonds is 7. The molecule has 0 aliphatic heterocycles. The number of oxazole rings is 1. The highest BCUT2D eigenvalue weighted by molar-refractivity contribution is 6.30. The first-order chi connectivity index (χ1) is 11.0. The van der Waals surface area contributed by atoms with Gasteiger partial charge in [-0.1, -0.05) is 17.7 Å². The molecule has 1 heterocycles. The molecule has 23 heavy (non-hydrogen) atoms. The van der Waals surface area contributed by atoms with E-state index in [1.54, 1.807) is 19.1 Å². The lowest BCUT2D eigenvalue weighted by Gasteiger charge is -2.08. The summed E-state index contributed by atoms with van der Waals surface area (Å²) in [6.45, 7) is 6.69. The van der Waals surface area contributed by atoms with Crippen molar-refractivity contribution in [3.8, 4) is 11.5 Å². The van der Waals surface area contributed by atoms with Crippen LogP contribution in [0, 0.1) is 6.92 Å². The number of ether oxygens (including phenoxy) is 1. The molecule has 0 fully saturated rings. The van der Waals surface area contributed by atoms with Crippen LogP contribution in [-0.4, -0.2) is 30.1 Å². The molecule has 0 aliphatic carbocycles. The monoisotopic (exact) mass is 336 g/mol. The normalized spacial score (nSPS) is 11.0. The zero-order chi connectivity index (χ0) is 16.8. The second kappa shape index (κ2) is 8.13. The third-order valence-electron chi connectivity index (χ3n) is 3.17. The number of hydrogen-bond acceptors (Lipinski definition) is 4. The molecule has 2 aromatic rings. The summed E-state index contributed by atoms with van der Waals surface area (Å²) in [5, 5.41) is 3.42. The van der Waals surface area contributed by atoms with E-state index in [1.807, 2.05) is 26.0 Å². The summed E-state index contributed by atoms with van der Waals surface area (Å²) in [7, 11) is 0. The summed E-state index contributed by atoms with van der Waals surface area (Å²) in [5.41, 5.74) is 1.42. The van der Waals surface area contributed by atoms with Gasteiger partial charge in [-0.15, -0.1) is 0 Å². The van der Waals surface area contributed by atoms with Crippen molar-refractivity contribution in [2.75, 3.05) is 13.2 Å². The molecule has 1 N–H and O–H groups in total. The third-order valence-corrected chi connectivity index (χ3v) is 3.40. The van der Waals surface area contributed by atoms with Gasteiger partial charge in [0.1, 0.15) is 5.76 Å². The summed E-state index contributed by atoms with van der Waals surface area (Å²) in [6.07, 6.45) is 0.336. The predicted molar refractivity (Wildman–Crippen MR) is 89.5 cm³/mol. The lowest BCUT2D eigenvalue weighted by atomic mass is 10.2. The Balaban J connectivity index is 1.95. The Morgan fingerprint density at radius 1 is 1.43 bits per heavy atom. The molecule has 0 spiro atoms. The van der Waals surface area contributed by atoms with E-state index in [2.05, 4.69) is 10.3 Å². The number of nitrogens with zero attached hydrogens (tertiary/aromatic N) is 1. The van der Waals surface area contributed by atoms with E-state index >= 15 is 0 Å². The topological polar surface area (TPSA) is 64.4 Å². The van der Waals surface area contributed by atoms with Crippen molar-refractivity contribution in [3.63, 3.8) is 0 Å². The molecule has 2 rings (SSSR count). The van der Waals surface area contributed by atoms with Crippen molar-refractivity contribution >= 4 is 17.5 Å². The van der Waals surface area contributed by atoms with Gasteiger partial charge in [0.2, 0.25) is 11.8 Å². The van der Waals surface area contributed by atoms with E-state index < -0.39 is 0 Å². The van der Waals surface area contributed by atoms with Crippen molar-refractivity contribution in [1.29, 1.82) is 0 Å². The van der Waals surface area contributed by atoms with Gasteiger partial charge in [-0.25, -0.2) is 4.98 Å². The minimum absolute atomic E-state index is 0.105. The second-order valence-electron chi connectivity index (χ2n) is 5.48. The van der Waals surface area contributed by atoms with Gasteiger partial charge in [0.05, 0.1) is 24.8 Å². The first kappa shape index (κ1) is 17.5. The Kier molecular flexibility index (Phi) is 6.19. The SMILES string of the molecule is Cc1oc(-c2cccc(Cl)c2)nc1CC(=O)NCCOC(C)C. The van der Waals surface area contributed by atoms with Gasteiger partial charge in [0.15, 0.2) is 0 Å². The van der Waals surface area contributed by atoms with Crippen LogP contribution in [0.4, 0.5) is 0 Å². The van der Waals surface area contributed by atoms with E-state index in [0.29, 0.717) is 35.5 Å². The fourth-order valence-corrected chi connectivity index (χ4v) is 2.23. The lowest BCUT2D eigenvalue weighted by Crippen LogP contribution is -2.29. The number of nitrogens with one attached hydrogen (secondary N) is 1. The highest BCUT2D eigenvalue weighted by atomic mass is 35.5. The van der Waals surface area contributed by atoms with Crippen LogP contribution < -0.4 is 5.32 Å². The van der Waals surface area contributed by atoms with Crippen LogP contribution in [0.15, 0.2) is 28.7 Å². The van der Waals surface area contributed by atoms with Gasteiger partial charge >= 0.3 is 0 Å². The average Bonchev–Trinajstić information content (AvgIpc) is 2.85. The molecule has 6 heteroatoms. The minimum Gasteiger partial charge on any atom is -0.441 e. The largest absolute Gasteiger partial charge is 0.441 e. The van der Waals surface area contributed by atoms with Gasteiger partial charge < -0.3 is 14.5 Å². The number of hydrogen-bond donors (Lipinski definition) is 1. The second-order valence-corrected chi connectivity index (χ2v) is 5.91. The molecule has 0 aliphatic rings. The maximum Gasteiger partial charge on any atom is 0.226 e. The van der Waals surface area contributed by atoms with Gasteiger partial charge in [0, 0.05) is 17.1 Å². The van der Waals surface area contributed by atoms with Crippen molar-refractivity contribution < 1.29 is 13.9 Å². The number of halogens is 1. The highest BCUT2D eigenvalue weighted by Crippen LogP contribution is 2.24. The Hall–Kier alpha value is -1.85. The third kappa shape index (κ3) is 5.37. The van der Waals surface area contributed by atoms with Gasteiger partial charge in [-0.05, 0) is 39.0 Å². The van der Waals surface area contributed by atoms with E-state index in [1.165, 1.54) is 0 Å². The van der Waals surface area contributed by atoms with E-state index in [9.17, 15) is 4.79 Å². The molecule has 0 saturated carbocycles. The summed E-state index contributed by atoms with van der Waals surface area (Å²) in [4.78, 5) is 16.3. The Labute approximate surface area is 141 Å². The molecule has 0 atom stereocenters. The summed E-state index contributed by atoms with van der Waals surface area (Å²) < 4.78 is 11.0. The van der Waals surface area contributed by atoms with Crippen LogP contribution in [0.2, 0.25) is 5.02 Å². The number of amides is 1. The van der Waals surface area contributed by atoms with Crippen molar-refractivity contribution in [2.45, 2.75) is 33.3 Å². The quantitative estimate of drug-likeness (QED) is 0.787. The van der Waals surface area contributed by atoms with Crippen LogP contribution in [-0.2, 0) is 16.0 Å². The van der Waals surface area contributed by atoms with Crippen LogP contribution in [0.5, 0.6) is 0 Å². The molecule has 1 aromatic carbocycles. The molecule has 124 valence electrons. The Bertz CT molecular complexity index is 668. The highest BCUT2D eigenvalue weighted by Gasteiger charge is 2.14. The minimum atomic E-state index is -0.105. The van der Waals surface area contributed by atoms with Crippen LogP contribution in [0.25, 0.3) is 11.5 Å². The first-order valence-electron chi connectivity index (χ1n) is 7.56. The van der Waals surface area contributed by atoms with Crippen molar-refractivity contribution in [1.82, 2.24) is 10.3 Å². The van der Waals surface area contributed by atoms with Gasteiger partial charge in [-0.2, -0.15) is 0 Å². The van der Waals surface area contributed by atoms with E-state index in [-0.39, 0.29) is 18.4 Å². The number of aromatic nitrogens is 1. The number of benzene rings is 1. The summed E-state index contributed by atoms with van der Waals surface area (Å²) in [5.74, 6) is 0.996. The van der Waals surface area contributed by atoms with Crippen LogP contribution >= 0.6 is 11.6 Å². The van der Waals surface area contributed by atoms with Crippen LogP contribution in [0.1, 0.15) is 25.3 Å². The molecule has 0 radical (unpaired) electrons. The smallest absolute Gasteiger partial charge is 0.226 e. The van der Waals surface area contributed by atoms with E-state index in [4.69, 9.17) is 20.8 Å². The zero-order valence-corrected chi connectivity index (χ0v) is 14.3. The number of aryl methyl sites for hydroxylation is 1. The maximum absolute atomic E-state index is 11.9. The molecular weight excluding hydrogens is 316 g/mol. The van der Waals surface area contributed by atoms with Gasteiger partial charge in [0.25, 0.3) is 0 Å². The van der Waals surface area contributed by atoms with E-state index in [0.717, 1.165) is 5.56 Å². The molecular formula is C17H21ClN2O3. The Morgan fingerprint density at radius 2 is 2.22 bits per heavy atom. The van der Waals surface area contributed by atoms with Crippen LogP contribution in [0.3, 0.4) is 0 Å². The first-order valence-corrected chi connectivity index (χ1v) is 7.94. The molecule has 0 unspecified atom stereocenters. The molecule has 5 nitrogen and oxygen atoms in total. The maximum atomic E-state index is 11.9. The standard InChI is InChI=1S/C17H21ClN2O3/c1-11(2)22-8-7-19-16(21)10-15-12(3)23-17(20-15)13-5-4-6-14(18)9-13/h4-6,9,11H,7-8,10H2,1-3H3,(H,19,21). The fourth-order valence-electron chi connectivity index (χ4n) is 2.04. The Morgan fingerprint density at radius 3 is 2.91 bits per heavy atom. The lowest BCUT2D eigenvalue weighted by molar-refractivity contribution is -0.120. The molecule has 0 saturated heterocycles. The zero-order valence-electron chi connectivity index (χ0n) is 13.6. The summed E-state index contributed by atoms with van der Waals surface area (Å²) >= 11 is 5.97. The van der Waals surface area contributed by atoms with Gasteiger partial charge in [-0.3, -0.25) is 4.79 Å². The predicted octanol–water partition coefficient (Wildman–Crippen LogP) is 3.39. The number of carbonyl (C=O) groups is 1. The molecule has 0 bridgehead atoms. The van der Waals surface area contributed by atoms with Crippen molar-refractivity contribution in [2.24, 2.45) is 0 Å². The average molecular weight is 337 g/mol. The van der Waals surface area contributed by atoms with Crippen molar-refractivity contribution in [3.05, 3.63) is 40.7 Å². The summed E-state index contributed by atoms with van der Waals surface area (Å²) in [6, 6.07) is 7.26.